The van der Waals surface area contributed by atoms with Crippen LogP contribution in [0.5, 0.6) is 0 Å². The van der Waals surface area contributed by atoms with Crippen LogP contribution in [0.25, 0.3) is 0 Å². The number of nitrogens with zero attached hydrogens (tertiary/aromatic N) is 3. The molecule has 1 aliphatic heterocycles. The predicted molar refractivity (Wildman–Crippen MR) is 107 cm³/mol. The highest BCUT2D eigenvalue weighted by Crippen LogP contribution is 2.30. The van der Waals surface area contributed by atoms with Crippen LogP contribution in [0.1, 0.15) is 47.8 Å². The molecule has 4 rings (SSSR count). The van der Waals surface area contributed by atoms with Crippen molar-refractivity contribution in [2.24, 2.45) is 5.92 Å². The Kier molecular flexibility index (Phi) is 5.34. The molecule has 0 radical (unpaired) electrons. The van der Waals surface area contributed by atoms with Gasteiger partial charge in [-0.3, -0.25) is 4.79 Å². The van der Waals surface area contributed by atoms with Crippen molar-refractivity contribution in [3.63, 3.8) is 0 Å². The van der Waals surface area contributed by atoms with Crippen molar-refractivity contribution < 1.29 is 4.79 Å². The van der Waals surface area contributed by atoms with Crippen molar-refractivity contribution in [3.8, 4) is 0 Å². The number of nitrogens with one attached hydrogen (secondary N) is 2. The fourth-order valence-electron chi connectivity index (χ4n) is 3.53. The molecule has 1 fully saturated rings. The van der Waals surface area contributed by atoms with Crippen LogP contribution in [0.4, 0.5) is 11.6 Å². The summed E-state index contributed by atoms with van der Waals surface area (Å²) in [6.45, 7) is 5.93. The first-order chi connectivity index (χ1) is 13.2. The van der Waals surface area contributed by atoms with Gasteiger partial charge in [0, 0.05) is 31.5 Å². The van der Waals surface area contributed by atoms with E-state index in [1.54, 1.807) is 12.3 Å². The Morgan fingerprint density at radius 3 is 3.00 bits per heavy atom. The summed E-state index contributed by atoms with van der Waals surface area (Å²) in [5.41, 5.74) is 3.84. The third-order valence-corrected chi connectivity index (χ3v) is 5.18. The maximum atomic E-state index is 12.7. The maximum absolute atomic E-state index is 12.7. The molecule has 1 saturated carbocycles. The molecule has 0 unspecified atom stereocenters. The van der Waals surface area contributed by atoms with Gasteiger partial charge in [0.25, 0.3) is 5.91 Å². The van der Waals surface area contributed by atoms with E-state index in [4.69, 9.17) is 0 Å². The average Bonchev–Trinajstić information content (AvgIpc) is 3.52. The lowest BCUT2D eigenvalue weighted by Crippen LogP contribution is -2.29. The van der Waals surface area contributed by atoms with E-state index in [2.05, 4.69) is 44.6 Å². The predicted octanol–water partition coefficient (Wildman–Crippen LogP) is 3.00. The number of carbonyl (C=O) groups is 1. The summed E-state index contributed by atoms with van der Waals surface area (Å²) in [6, 6.07) is 7.80. The summed E-state index contributed by atoms with van der Waals surface area (Å²) in [6.07, 6.45) is 6.29. The number of hydrogen-bond acceptors (Lipinski definition) is 5. The number of anilines is 2. The van der Waals surface area contributed by atoms with Crippen LogP contribution < -0.4 is 15.5 Å². The quantitative estimate of drug-likeness (QED) is 0.789. The minimum atomic E-state index is -0.185. The van der Waals surface area contributed by atoms with Gasteiger partial charge in [-0.15, -0.1) is 0 Å². The number of fused-ring (bicyclic) bond motifs is 1. The van der Waals surface area contributed by atoms with E-state index in [0.717, 1.165) is 50.6 Å². The molecule has 2 heterocycles. The van der Waals surface area contributed by atoms with Crippen LogP contribution in [0.15, 0.2) is 30.5 Å². The zero-order chi connectivity index (χ0) is 18.6. The molecule has 2 N–H and O–H groups in total. The average molecular weight is 365 g/mol. The third-order valence-electron chi connectivity index (χ3n) is 5.18. The Morgan fingerprint density at radius 1 is 1.30 bits per heavy atom. The molecule has 1 aliphatic carbocycles. The lowest BCUT2D eigenvalue weighted by molar-refractivity contribution is 0.102. The highest BCUT2D eigenvalue weighted by Gasteiger charge is 2.25. The first kappa shape index (κ1) is 17.9. The maximum Gasteiger partial charge on any atom is 0.274 e. The number of benzene rings is 1. The van der Waals surface area contributed by atoms with Crippen molar-refractivity contribution in [2.75, 3.05) is 29.9 Å². The number of carbonyl (C=O) groups excluding carboxylic acids is 1. The zero-order valence-corrected chi connectivity index (χ0v) is 15.9. The molecular formula is C21H27N5O. The first-order valence-electron chi connectivity index (χ1n) is 9.95. The monoisotopic (exact) mass is 365 g/mol. The number of aromatic nitrogens is 2. The van der Waals surface area contributed by atoms with E-state index in [-0.39, 0.29) is 5.91 Å². The summed E-state index contributed by atoms with van der Waals surface area (Å²) in [5, 5.41) is 6.35. The van der Waals surface area contributed by atoms with Gasteiger partial charge in [-0.05, 0) is 67.5 Å². The van der Waals surface area contributed by atoms with E-state index in [1.165, 1.54) is 24.0 Å². The molecule has 0 saturated heterocycles. The SMILES string of the molecule is CCCN(CC1CC1)c1nccc(C(=O)Nc2ccc3c(c2)CCNC3)n1. The second-order valence-electron chi connectivity index (χ2n) is 7.50. The smallest absolute Gasteiger partial charge is 0.274 e. The summed E-state index contributed by atoms with van der Waals surface area (Å²) >= 11 is 0. The Hall–Kier alpha value is -2.47. The van der Waals surface area contributed by atoms with Crippen LogP contribution >= 0.6 is 0 Å². The molecule has 1 aromatic heterocycles. The molecular weight excluding hydrogens is 338 g/mol. The summed E-state index contributed by atoms with van der Waals surface area (Å²) in [5.74, 6) is 1.23. The zero-order valence-electron chi connectivity index (χ0n) is 15.9. The van der Waals surface area contributed by atoms with Gasteiger partial charge in [-0.2, -0.15) is 0 Å². The molecule has 0 atom stereocenters. The Balaban J connectivity index is 1.48. The number of rotatable bonds is 7. The second kappa shape index (κ2) is 8.05. The molecule has 2 aliphatic rings. The van der Waals surface area contributed by atoms with Crippen molar-refractivity contribution >= 4 is 17.5 Å². The van der Waals surface area contributed by atoms with Crippen LogP contribution in [0, 0.1) is 5.92 Å². The van der Waals surface area contributed by atoms with Crippen LogP contribution in [-0.4, -0.2) is 35.5 Å². The van der Waals surface area contributed by atoms with Crippen LogP contribution in [-0.2, 0) is 13.0 Å². The number of amides is 1. The summed E-state index contributed by atoms with van der Waals surface area (Å²) < 4.78 is 0. The molecule has 6 nitrogen and oxygen atoms in total. The van der Waals surface area contributed by atoms with E-state index in [0.29, 0.717) is 11.6 Å². The van der Waals surface area contributed by atoms with Gasteiger partial charge in [0.15, 0.2) is 0 Å². The molecule has 0 bridgehead atoms. The lowest BCUT2D eigenvalue weighted by atomic mass is 10.0. The topological polar surface area (TPSA) is 70.2 Å². The van der Waals surface area contributed by atoms with Crippen LogP contribution in [0.2, 0.25) is 0 Å². The van der Waals surface area contributed by atoms with Gasteiger partial charge in [-0.1, -0.05) is 13.0 Å². The fourth-order valence-corrected chi connectivity index (χ4v) is 3.53. The molecule has 27 heavy (non-hydrogen) atoms. The van der Waals surface area contributed by atoms with Gasteiger partial charge in [0.1, 0.15) is 5.69 Å². The van der Waals surface area contributed by atoms with Crippen molar-refractivity contribution in [3.05, 3.63) is 47.3 Å². The third kappa shape index (κ3) is 4.45. The molecule has 142 valence electrons. The van der Waals surface area contributed by atoms with E-state index < -0.39 is 0 Å². The molecule has 0 spiro atoms. The molecule has 2 aromatic rings. The highest BCUT2D eigenvalue weighted by atomic mass is 16.1. The van der Waals surface area contributed by atoms with Gasteiger partial charge in [-0.25, -0.2) is 9.97 Å². The molecule has 6 heteroatoms. The Labute approximate surface area is 160 Å². The van der Waals surface area contributed by atoms with Gasteiger partial charge in [0.05, 0.1) is 0 Å². The van der Waals surface area contributed by atoms with E-state index in [1.807, 2.05) is 6.07 Å². The summed E-state index contributed by atoms with van der Waals surface area (Å²) in [4.78, 5) is 23.9. The lowest BCUT2D eigenvalue weighted by Gasteiger charge is -2.22. The Morgan fingerprint density at radius 2 is 2.19 bits per heavy atom. The molecule has 1 amide bonds. The minimum Gasteiger partial charge on any atom is -0.341 e. The standard InChI is InChI=1S/C21H27N5O/c1-2-11-26(14-15-3-4-15)21-23-10-8-19(25-21)20(27)24-18-6-5-17-13-22-9-7-16(17)12-18/h5-6,8,10,12,15,22H,2-4,7,9,11,13-14H2,1H3,(H,24,27). The van der Waals surface area contributed by atoms with E-state index in [9.17, 15) is 4.79 Å². The minimum absolute atomic E-state index is 0.185. The second-order valence-corrected chi connectivity index (χ2v) is 7.50. The summed E-state index contributed by atoms with van der Waals surface area (Å²) in [7, 11) is 0. The van der Waals surface area contributed by atoms with Crippen molar-refractivity contribution in [1.82, 2.24) is 15.3 Å². The Bertz CT molecular complexity index is 818. The molecule has 1 aromatic carbocycles. The van der Waals surface area contributed by atoms with Crippen LogP contribution in [0.3, 0.4) is 0 Å². The number of hydrogen-bond donors (Lipinski definition) is 2. The normalized spacial score (nSPS) is 15.9. The highest BCUT2D eigenvalue weighted by molar-refractivity contribution is 6.03. The fraction of sp³-hybridized carbons (Fsp3) is 0.476. The van der Waals surface area contributed by atoms with Gasteiger partial charge < -0.3 is 15.5 Å². The van der Waals surface area contributed by atoms with Gasteiger partial charge >= 0.3 is 0 Å². The van der Waals surface area contributed by atoms with E-state index >= 15 is 0 Å². The van der Waals surface area contributed by atoms with Crippen molar-refractivity contribution in [1.29, 1.82) is 0 Å². The van der Waals surface area contributed by atoms with Gasteiger partial charge in [0.2, 0.25) is 5.95 Å². The van der Waals surface area contributed by atoms with Crippen molar-refractivity contribution in [2.45, 2.75) is 39.2 Å². The first-order valence-corrected chi connectivity index (χ1v) is 9.95. The largest absolute Gasteiger partial charge is 0.341 e.